The highest BCUT2D eigenvalue weighted by Gasteiger charge is 1.97. The van der Waals surface area contributed by atoms with E-state index in [0.717, 1.165) is 6.54 Å². The molecule has 0 amide bonds. The Morgan fingerprint density at radius 1 is 1.58 bits per heavy atom. The summed E-state index contributed by atoms with van der Waals surface area (Å²) in [6, 6.07) is 0. The van der Waals surface area contributed by atoms with Crippen molar-refractivity contribution in [1.29, 1.82) is 0 Å². The smallest absolute Gasteiger partial charge is 0.331 e. The third-order valence-electron chi connectivity index (χ3n) is 1.32. The molecule has 0 spiro atoms. The van der Waals surface area contributed by atoms with Crippen LogP contribution in [0.3, 0.4) is 0 Å². The van der Waals surface area contributed by atoms with Crippen molar-refractivity contribution >= 4 is 5.97 Å². The van der Waals surface area contributed by atoms with Gasteiger partial charge in [-0.05, 0) is 5.92 Å². The van der Waals surface area contributed by atoms with E-state index in [2.05, 4.69) is 18.6 Å². The molecule has 0 unspecified atom stereocenters. The van der Waals surface area contributed by atoms with Gasteiger partial charge in [0.2, 0.25) is 0 Å². The van der Waals surface area contributed by atoms with Crippen LogP contribution in [0.2, 0.25) is 0 Å². The van der Waals surface area contributed by atoms with Crippen LogP contribution in [-0.4, -0.2) is 31.6 Å². The first kappa shape index (κ1) is 11.0. The summed E-state index contributed by atoms with van der Waals surface area (Å²) in [5.41, 5.74) is 0. The van der Waals surface area contributed by atoms with E-state index >= 15 is 0 Å². The molecule has 0 fully saturated rings. The van der Waals surface area contributed by atoms with Gasteiger partial charge >= 0.3 is 5.97 Å². The maximum absolute atomic E-state index is 10.7. The highest BCUT2D eigenvalue weighted by Crippen LogP contribution is 1.95. The quantitative estimate of drug-likeness (QED) is 0.471. The second-order valence-corrected chi connectivity index (χ2v) is 3.17. The Morgan fingerprint density at radius 2 is 2.17 bits per heavy atom. The molecule has 0 rings (SSSR count). The van der Waals surface area contributed by atoms with Gasteiger partial charge < -0.3 is 9.64 Å². The summed E-state index contributed by atoms with van der Waals surface area (Å²) in [6.07, 6.45) is 3.15. The average Bonchev–Trinajstić information content (AvgIpc) is 1.99. The summed E-state index contributed by atoms with van der Waals surface area (Å²) >= 11 is 0. The lowest BCUT2D eigenvalue weighted by Crippen LogP contribution is -2.17. The van der Waals surface area contributed by atoms with Crippen molar-refractivity contribution in [3.8, 4) is 0 Å². The minimum Gasteiger partial charge on any atom is -0.466 e. The fourth-order valence-corrected chi connectivity index (χ4v) is 0.893. The molecule has 0 aliphatic heterocycles. The van der Waals surface area contributed by atoms with Crippen LogP contribution in [0.5, 0.6) is 0 Å². The molecule has 0 aromatic rings. The van der Waals surface area contributed by atoms with E-state index in [9.17, 15) is 4.79 Å². The lowest BCUT2D eigenvalue weighted by Gasteiger charge is -2.15. The zero-order valence-corrected chi connectivity index (χ0v) is 8.20. The van der Waals surface area contributed by atoms with Gasteiger partial charge in [0.25, 0.3) is 0 Å². The number of carbonyl (C=O) groups excluding carboxylic acids is 1. The molecule has 0 saturated heterocycles. The predicted octanol–water partition coefficient (Wildman–Crippen LogP) is 1.26. The molecule has 3 nitrogen and oxygen atoms in total. The third-order valence-corrected chi connectivity index (χ3v) is 1.32. The number of rotatable bonds is 4. The summed E-state index contributed by atoms with van der Waals surface area (Å²) in [6.45, 7) is 5.19. The van der Waals surface area contributed by atoms with Crippen molar-refractivity contribution in [2.24, 2.45) is 5.92 Å². The maximum atomic E-state index is 10.7. The summed E-state index contributed by atoms with van der Waals surface area (Å²) in [5.74, 6) is 0.280. The van der Waals surface area contributed by atoms with Crippen molar-refractivity contribution in [1.82, 2.24) is 4.90 Å². The first-order valence-electron chi connectivity index (χ1n) is 4.02. The van der Waals surface area contributed by atoms with E-state index in [1.165, 1.54) is 13.2 Å². The molecular weight excluding hydrogens is 154 g/mol. The van der Waals surface area contributed by atoms with E-state index in [0.29, 0.717) is 5.92 Å². The van der Waals surface area contributed by atoms with Gasteiger partial charge in [-0.2, -0.15) is 0 Å². The third kappa shape index (κ3) is 5.77. The molecule has 0 N–H and O–H groups in total. The van der Waals surface area contributed by atoms with Crippen molar-refractivity contribution in [2.75, 3.05) is 20.7 Å². The van der Waals surface area contributed by atoms with Gasteiger partial charge in [0.05, 0.1) is 7.11 Å². The number of esters is 1. The SMILES string of the molecule is COC(=O)C=CN(C)CC(C)C. The highest BCUT2D eigenvalue weighted by atomic mass is 16.5. The molecule has 3 heteroatoms. The Balaban J connectivity index is 3.74. The van der Waals surface area contributed by atoms with Crippen LogP contribution in [0.15, 0.2) is 12.3 Å². The van der Waals surface area contributed by atoms with Crippen LogP contribution in [0.4, 0.5) is 0 Å². The number of hydrogen-bond acceptors (Lipinski definition) is 3. The van der Waals surface area contributed by atoms with E-state index in [4.69, 9.17) is 0 Å². The second kappa shape index (κ2) is 5.63. The summed E-state index contributed by atoms with van der Waals surface area (Å²) < 4.78 is 4.45. The zero-order chi connectivity index (χ0) is 9.56. The molecule has 12 heavy (non-hydrogen) atoms. The second-order valence-electron chi connectivity index (χ2n) is 3.17. The fourth-order valence-electron chi connectivity index (χ4n) is 0.893. The standard InChI is InChI=1S/C9H17NO2/c1-8(2)7-10(3)6-5-9(11)12-4/h5-6,8H,7H2,1-4H3. The molecule has 0 heterocycles. The van der Waals surface area contributed by atoms with E-state index in [-0.39, 0.29) is 5.97 Å². The van der Waals surface area contributed by atoms with Crippen LogP contribution >= 0.6 is 0 Å². The van der Waals surface area contributed by atoms with E-state index in [1.807, 2.05) is 11.9 Å². The summed E-state index contributed by atoms with van der Waals surface area (Å²) in [7, 11) is 3.30. The minimum atomic E-state index is -0.314. The monoisotopic (exact) mass is 171 g/mol. The first-order chi connectivity index (χ1) is 5.56. The van der Waals surface area contributed by atoms with Crippen LogP contribution in [-0.2, 0) is 9.53 Å². The summed E-state index contributed by atoms with van der Waals surface area (Å²) in [4.78, 5) is 12.6. The molecule has 0 aromatic heterocycles. The Kier molecular flexibility index (Phi) is 5.17. The maximum Gasteiger partial charge on any atom is 0.331 e. The summed E-state index contributed by atoms with van der Waals surface area (Å²) in [5, 5.41) is 0. The number of nitrogens with zero attached hydrogens (tertiary/aromatic N) is 1. The molecule has 0 bridgehead atoms. The molecule has 0 aliphatic carbocycles. The van der Waals surface area contributed by atoms with Gasteiger partial charge in [-0.25, -0.2) is 4.79 Å². The Labute approximate surface area is 74.0 Å². The Morgan fingerprint density at radius 3 is 2.58 bits per heavy atom. The van der Waals surface area contributed by atoms with Crippen molar-refractivity contribution in [3.63, 3.8) is 0 Å². The Hall–Kier alpha value is -0.990. The zero-order valence-electron chi connectivity index (χ0n) is 8.20. The normalized spacial score (nSPS) is 10.8. The average molecular weight is 171 g/mol. The van der Waals surface area contributed by atoms with Gasteiger partial charge in [-0.3, -0.25) is 0 Å². The lowest BCUT2D eigenvalue weighted by atomic mass is 10.2. The molecule has 0 radical (unpaired) electrons. The van der Waals surface area contributed by atoms with Crippen molar-refractivity contribution in [2.45, 2.75) is 13.8 Å². The Bertz CT molecular complexity index is 164. The van der Waals surface area contributed by atoms with Gasteiger partial charge in [0.15, 0.2) is 0 Å². The van der Waals surface area contributed by atoms with Crippen LogP contribution in [0.25, 0.3) is 0 Å². The molecule has 0 aliphatic rings. The first-order valence-corrected chi connectivity index (χ1v) is 4.02. The topological polar surface area (TPSA) is 29.5 Å². The van der Waals surface area contributed by atoms with Crippen molar-refractivity contribution < 1.29 is 9.53 Å². The number of hydrogen-bond donors (Lipinski definition) is 0. The molecule has 0 aromatic carbocycles. The van der Waals surface area contributed by atoms with Crippen LogP contribution in [0, 0.1) is 5.92 Å². The highest BCUT2D eigenvalue weighted by molar-refractivity contribution is 5.81. The molecular formula is C9H17NO2. The lowest BCUT2D eigenvalue weighted by molar-refractivity contribution is -0.134. The number of ether oxygens (including phenoxy) is 1. The minimum absolute atomic E-state index is 0.314. The fraction of sp³-hybridized carbons (Fsp3) is 0.667. The number of carbonyl (C=O) groups is 1. The van der Waals surface area contributed by atoms with Crippen LogP contribution in [0.1, 0.15) is 13.8 Å². The largest absolute Gasteiger partial charge is 0.466 e. The molecule has 70 valence electrons. The predicted molar refractivity (Wildman–Crippen MR) is 48.6 cm³/mol. The number of methoxy groups -OCH3 is 1. The molecule has 0 atom stereocenters. The van der Waals surface area contributed by atoms with E-state index in [1.54, 1.807) is 6.20 Å². The van der Waals surface area contributed by atoms with Gasteiger partial charge in [0, 0.05) is 25.9 Å². The van der Waals surface area contributed by atoms with Gasteiger partial charge in [0.1, 0.15) is 0 Å². The van der Waals surface area contributed by atoms with Gasteiger partial charge in [-0.1, -0.05) is 13.8 Å². The van der Waals surface area contributed by atoms with Crippen LogP contribution < -0.4 is 0 Å². The van der Waals surface area contributed by atoms with Gasteiger partial charge in [-0.15, -0.1) is 0 Å². The van der Waals surface area contributed by atoms with Crippen molar-refractivity contribution in [3.05, 3.63) is 12.3 Å². The van der Waals surface area contributed by atoms with E-state index < -0.39 is 0 Å². The molecule has 0 saturated carbocycles.